The predicted octanol–water partition coefficient (Wildman–Crippen LogP) is 0.0450. The third-order valence-electron chi connectivity index (χ3n) is 2.10. The molecule has 0 spiro atoms. The average molecular weight is 210 g/mol. The first-order valence-corrected chi connectivity index (χ1v) is 5.08. The molecule has 15 heavy (non-hydrogen) atoms. The predicted molar refractivity (Wildman–Crippen MR) is 58.2 cm³/mol. The second-order valence-electron chi connectivity index (χ2n) is 3.81. The molecule has 0 radical (unpaired) electrons. The number of hydrogen-bond donors (Lipinski definition) is 2. The Bertz CT molecular complexity index is 321. The second-order valence-corrected chi connectivity index (χ2v) is 3.81. The van der Waals surface area contributed by atoms with Crippen LogP contribution in [0.5, 0.6) is 0 Å². The number of hydrogen-bond acceptors (Lipinski definition) is 3. The van der Waals surface area contributed by atoms with E-state index in [1.54, 1.807) is 0 Å². The normalized spacial score (nSPS) is 12.7. The third kappa shape index (κ3) is 4.60. The molecule has 0 bridgehead atoms. The molecule has 0 saturated heterocycles. The number of amides is 1. The molecule has 0 aliphatic carbocycles. The van der Waals surface area contributed by atoms with Crippen LogP contribution in [0.25, 0.3) is 0 Å². The van der Waals surface area contributed by atoms with Crippen molar-refractivity contribution < 1.29 is 4.79 Å². The van der Waals surface area contributed by atoms with Crippen LogP contribution >= 0.6 is 0 Å². The van der Waals surface area contributed by atoms with Gasteiger partial charge in [-0.15, -0.1) is 0 Å². The van der Waals surface area contributed by atoms with Crippen molar-refractivity contribution in [3.8, 4) is 0 Å². The van der Waals surface area contributed by atoms with Crippen LogP contribution in [0.2, 0.25) is 0 Å². The van der Waals surface area contributed by atoms with Gasteiger partial charge < -0.3 is 11.1 Å². The monoisotopic (exact) mass is 210 g/mol. The molecular weight excluding hydrogens is 192 g/mol. The first-order valence-electron chi connectivity index (χ1n) is 5.08. The molecule has 1 amide bonds. The summed E-state index contributed by atoms with van der Waals surface area (Å²) < 4.78 is 1.87. The van der Waals surface area contributed by atoms with Crippen molar-refractivity contribution in [3.63, 3.8) is 0 Å². The van der Waals surface area contributed by atoms with E-state index in [4.69, 9.17) is 5.73 Å². The number of carbonyl (C=O) groups is 1. The Labute approximate surface area is 89.6 Å². The second kappa shape index (κ2) is 5.50. The van der Waals surface area contributed by atoms with Crippen LogP contribution in [-0.2, 0) is 11.3 Å². The Kier molecular flexibility index (Phi) is 4.30. The third-order valence-corrected chi connectivity index (χ3v) is 2.10. The quantitative estimate of drug-likeness (QED) is 0.696. The zero-order chi connectivity index (χ0) is 11.3. The van der Waals surface area contributed by atoms with Gasteiger partial charge in [0, 0.05) is 25.2 Å². The standard InChI is InChI=1S/C10H18N4O/c1-8-6-13-14(7-8)4-3-12-9(2)5-10(11)15/h6-7,9,12H,3-5H2,1-2H3,(H2,11,15). The van der Waals surface area contributed by atoms with Gasteiger partial charge in [0.05, 0.1) is 12.7 Å². The number of nitrogens with one attached hydrogen (secondary N) is 1. The van der Waals surface area contributed by atoms with E-state index in [0.29, 0.717) is 6.42 Å². The number of carbonyl (C=O) groups excluding carboxylic acids is 1. The minimum Gasteiger partial charge on any atom is -0.370 e. The molecule has 0 aromatic carbocycles. The lowest BCUT2D eigenvalue weighted by Crippen LogP contribution is -2.33. The van der Waals surface area contributed by atoms with E-state index in [1.807, 2.05) is 30.9 Å². The summed E-state index contributed by atoms with van der Waals surface area (Å²) in [6, 6.07) is 0.124. The highest BCUT2D eigenvalue weighted by molar-refractivity contribution is 5.74. The van der Waals surface area contributed by atoms with Crippen LogP contribution in [0.15, 0.2) is 12.4 Å². The lowest BCUT2D eigenvalue weighted by molar-refractivity contribution is -0.118. The van der Waals surface area contributed by atoms with E-state index in [0.717, 1.165) is 18.7 Å². The molecule has 1 unspecified atom stereocenters. The first kappa shape index (κ1) is 11.7. The number of nitrogens with two attached hydrogens (primary N) is 1. The fourth-order valence-electron chi connectivity index (χ4n) is 1.39. The van der Waals surface area contributed by atoms with Gasteiger partial charge in [0.25, 0.3) is 0 Å². The van der Waals surface area contributed by atoms with Gasteiger partial charge in [-0.2, -0.15) is 5.10 Å². The van der Waals surface area contributed by atoms with Gasteiger partial charge in [0.15, 0.2) is 0 Å². The number of aromatic nitrogens is 2. The molecule has 3 N–H and O–H groups in total. The summed E-state index contributed by atoms with van der Waals surface area (Å²) in [5.74, 6) is -0.273. The van der Waals surface area contributed by atoms with E-state index in [-0.39, 0.29) is 11.9 Å². The largest absolute Gasteiger partial charge is 0.370 e. The number of nitrogens with zero attached hydrogens (tertiary/aromatic N) is 2. The molecule has 1 heterocycles. The van der Waals surface area contributed by atoms with Gasteiger partial charge in [-0.3, -0.25) is 9.48 Å². The maximum absolute atomic E-state index is 10.6. The number of rotatable bonds is 6. The Morgan fingerprint density at radius 3 is 3.00 bits per heavy atom. The SMILES string of the molecule is Cc1cnn(CCNC(C)CC(N)=O)c1. The number of aryl methyl sites for hydroxylation is 1. The van der Waals surface area contributed by atoms with Gasteiger partial charge in [0.2, 0.25) is 5.91 Å². The summed E-state index contributed by atoms with van der Waals surface area (Å²) in [5, 5.41) is 7.37. The van der Waals surface area contributed by atoms with Gasteiger partial charge in [-0.1, -0.05) is 0 Å². The Hall–Kier alpha value is -1.36. The molecule has 0 aliphatic rings. The van der Waals surface area contributed by atoms with Gasteiger partial charge in [0.1, 0.15) is 0 Å². The van der Waals surface area contributed by atoms with E-state index in [1.165, 1.54) is 0 Å². The minimum atomic E-state index is -0.273. The highest BCUT2D eigenvalue weighted by Crippen LogP contribution is 1.94. The summed E-state index contributed by atoms with van der Waals surface area (Å²) in [4.78, 5) is 10.6. The molecule has 0 saturated carbocycles. The highest BCUT2D eigenvalue weighted by Gasteiger charge is 2.04. The zero-order valence-corrected chi connectivity index (χ0v) is 9.23. The summed E-state index contributed by atoms with van der Waals surface area (Å²) in [7, 11) is 0. The van der Waals surface area contributed by atoms with E-state index < -0.39 is 0 Å². The molecule has 1 aromatic rings. The van der Waals surface area contributed by atoms with Gasteiger partial charge in [-0.25, -0.2) is 0 Å². The Morgan fingerprint density at radius 1 is 1.73 bits per heavy atom. The van der Waals surface area contributed by atoms with Crippen LogP contribution in [0.3, 0.4) is 0 Å². The lowest BCUT2D eigenvalue weighted by atomic mass is 10.2. The van der Waals surface area contributed by atoms with Crippen molar-refractivity contribution in [2.75, 3.05) is 6.54 Å². The van der Waals surface area contributed by atoms with Crippen LogP contribution in [0, 0.1) is 6.92 Å². The molecule has 1 aromatic heterocycles. The summed E-state index contributed by atoms with van der Waals surface area (Å²) in [6.45, 7) is 5.54. The fourth-order valence-corrected chi connectivity index (χ4v) is 1.39. The molecule has 1 atom stereocenters. The van der Waals surface area contributed by atoms with E-state index in [9.17, 15) is 4.79 Å². The van der Waals surface area contributed by atoms with Crippen LogP contribution < -0.4 is 11.1 Å². The minimum absolute atomic E-state index is 0.124. The van der Waals surface area contributed by atoms with Crippen LogP contribution in [0.1, 0.15) is 18.9 Å². The van der Waals surface area contributed by atoms with Gasteiger partial charge >= 0.3 is 0 Å². The maximum Gasteiger partial charge on any atom is 0.218 e. The molecule has 5 nitrogen and oxygen atoms in total. The van der Waals surface area contributed by atoms with Crippen LogP contribution in [-0.4, -0.2) is 28.3 Å². The van der Waals surface area contributed by atoms with Crippen molar-refractivity contribution >= 4 is 5.91 Å². The molecular formula is C10H18N4O. The molecule has 5 heteroatoms. The summed E-state index contributed by atoms with van der Waals surface area (Å²) in [6.07, 6.45) is 4.19. The van der Waals surface area contributed by atoms with E-state index >= 15 is 0 Å². The van der Waals surface area contributed by atoms with Crippen molar-refractivity contribution in [1.82, 2.24) is 15.1 Å². The molecule has 84 valence electrons. The van der Waals surface area contributed by atoms with E-state index in [2.05, 4.69) is 10.4 Å². The number of primary amides is 1. The van der Waals surface area contributed by atoms with Crippen molar-refractivity contribution in [2.24, 2.45) is 5.73 Å². The molecule has 1 rings (SSSR count). The topological polar surface area (TPSA) is 72.9 Å². The molecule has 0 fully saturated rings. The van der Waals surface area contributed by atoms with Gasteiger partial charge in [-0.05, 0) is 19.4 Å². The van der Waals surface area contributed by atoms with Crippen LogP contribution in [0.4, 0.5) is 0 Å². The Balaban J connectivity index is 2.18. The molecule has 0 aliphatic heterocycles. The van der Waals surface area contributed by atoms with Crippen molar-refractivity contribution in [3.05, 3.63) is 18.0 Å². The average Bonchev–Trinajstić information content (AvgIpc) is 2.50. The smallest absolute Gasteiger partial charge is 0.218 e. The van der Waals surface area contributed by atoms with Crippen molar-refractivity contribution in [1.29, 1.82) is 0 Å². The highest BCUT2D eigenvalue weighted by atomic mass is 16.1. The first-order chi connectivity index (χ1) is 7.08. The fraction of sp³-hybridized carbons (Fsp3) is 0.600. The van der Waals surface area contributed by atoms with Crippen molar-refractivity contribution in [2.45, 2.75) is 32.9 Å². The zero-order valence-electron chi connectivity index (χ0n) is 9.23. The summed E-state index contributed by atoms with van der Waals surface area (Å²) >= 11 is 0. The lowest BCUT2D eigenvalue weighted by Gasteiger charge is -2.11. The summed E-state index contributed by atoms with van der Waals surface area (Å²) in [5.41, 5.74) is 6.24. The Morgan fingerprint density at radius 2 is 2.47 bits per heavy atom. The maximum atomic E-state index is 10.6.